The molecule has 0 radical (unpaired) electrons. The molecule has 1 heterocycles. The molecule has 3 rings (SSSR count). The van der Waals surface area contributed by atoms with Gasteiger partial charge >= 0.3 is 0 Å². The van der Waals surface area contributed by atoms with Gasteiger partial charge in [0.25, 0.3) is 5.19 Å². The van der Waals surface area contributed by atoms with Crippen molar-refractivity contribution in [3.8, 4) is 10.9 Å². The molecule has 1 aromatic heterocycles. The van der Waals surface area contributed by atoms with Crippen LogP contribution in [0.15, 0.2) is 41.4 Å². The minimum Gasteiger partial charge on any atom is -0.430 e. The Kier molecular flexibility index (Phi) is 7.10. The monoisotopic (exact) mass is 442 g/mol. The van der Waals surface area contributed by atoms with E-state index in [9.17, 15) is 0 Å². The maximum atomic E-state index is 6.06. The van der Waals surface area contributed by atoms with E-state index in [1.165, 1.54) is 11.5 Å². The minimum atomic E-state index is 0.0633. The Hall–Kier alpha value is -2.44. The van der Waals surface area contributed by atoms with Gasteiger partial charge in [-0.05, 0) is 68.7 Å². The van der Waals surface area contributed by atoms with Gasteiger partial charge in [0.05, 0.1) is 12.0 Å². The zero-order valence-corrected chi connectivity index (χ0v) is 19.8. The van der Waals surface area contributed by atoms with E-state index in [4.69, 9.17) is 16.3 Å². The highest BCUT2D eigenvalue weighted by Gasteiger charge is 2.16. The van der Waals surface area contributed by atoms with Crippen molar-refractivity contribution in [2.24, 2.45) is 4.99 Å². The highest BCUT2D eigenvalue weighted by molar-refractivity contribution is 7.07. The Labute approximate surface area is 187 Å². The third kappa shape index (κ3) is 5.37. The normalized spacial score (nSPS) is 12.5. The van der Waals surface area contributed by atoms with Crippen LogP contribution in [0.4, 0.5) is 5.69 Å². The van der Waals surface area contributed by atoms with Crippen LogP contribution in [0.5, 0.6) is 10.9 Å². The highest BCUT2D eigenvalue weighted by atomic mass is 35.5. The quantitative estimate of drug-likeness (QED) is 0.300. The van der Waals surface area contributed by atoms with Crippen LogP contribution in [0, 0.1) is 13.8 Å². The first-order valence-electron chi connectivity index (χ1n) is 9.89. The predicted octanol–water partition coefficient (Wildman–Crippen LogP) is 6.75. The van der Waals surface area contributed by atoms with Crippen molar-refractivity contribution >= 4 is 35.2 Å². The Bertz CT molecular complexity index is 1030. The summed E-state index contributed by atoms with van der Waals surface area (Å²) in [4.78, 5) is 11.3. The number of hydrogen-bond donors (Lipinski definition) is 0. The average Bonchev–Trinajstić information content (AvgIpc) is 3.17. The number of rotatable bonds is 7. The Balaban J connectivity index is 1.75. The van der Waals surface area contributed by atoms with E-state index in [-0.39, 0.29) is 5.92 Å². The van der Waals surface area contributed by atoms with E-state index in [0.29, 0.717) is 11.2 Å². The van der Waals surface area contributed by atoms with Crippen molar-refractivity contribution in [1.82, 2.24) is 14.3 Å². The van der Waals surface area contributed by atoms with Gasteiger partial charge in [-0.1, -0.05) is 30.7 Å². The average molecular weight is 443 g/mol. The van der Waals surface area contributed by atoms with Crippen molar-refractivity contribution in [3.05, 3.63) is 63.9 Å². The number of aryl methyl sites for hydroxylation is 2. The van der Waals surface area contributed by atoms with Crippen LogP contribution in [-0.4, -0.2) is 33.7 Å². The first-order chi connectivity index (χ1) is 14.2. The fourth-order valence-corrected chi connectivity index (χ4v) is 3.50. The topological polar surface area (TPSA) is 50.6 Å². The summed E-state index contributed by atoms with van der Waals surface area (Å²) < 4.78 is 10.5. The number of aromatic nitrogens is 2. The van der Waals surface area contributed by atoms with Crippen LogP contribution in [0.25, 0.3) is 0 Å². The SMILES string of the molecule is Cc1cc(Oc2nc(C(C)c3ccc(Cl)cc3)ns2)c(C)cc1/N=C\N(C)C(C)C. The first-order valence-corrected chi connectivity index (χ1v) is 11.0. The minimum absolute atomic E-state index is 0.0633. The van der Waals surface area contributed by atoms with Gasteiger partial charge < -0.3 is 9.64 Å². The highest BCUT2D eigenvalue weighted by Crippen LogP contribution is 2.33. The largest absolute Gasteiger partial charge is 0.430 e. The Morgan fingerprint density at radius 2 is 1.80 bits per heavy atom. The van der Waals surface area contributed by atoms with Gasteiger partial charge in [-0.3, -0.25) is 0 Å². The molecular formula is C23H27ClN4OS. The second-order valence-corrected chi connectivity index (χ2v) is 8.85. The van der Waals surface area contributed by atoms with Crippen molar-refractivity contribution in [1.29, 1.82) is 0 Å². The first kappa shape index (κ1) is 22.2. The molecule has 0 aliphatic heterocycles. The Morgan fingerprint density at radius 1 is 1.10 bits per heavy atom. The summed E-state index contributed by atoms with van der Waals surface area (Å²) in [6.07, 6.45) is 1.86. The summed E-state index contributed by atoms with van der Waals surface area (Å²) in [5.74, 6) is 1.57. The molecule has 30 heavy (non-hydrogen) atoms. The smallest absolute Gasteiger partial charge is 0.298 e. The molecule has 2 aromatic carbocycles. The summed E-state index contributed by atoms with van der Waals surface area (Å²) in [5.41, 5.74) is 4.09. The molecule has 5 nitrogen and oxygen atoms in total. The van der Waals surface area contributed by atoms with E-state index in [1.54, 1.807) is 0 Å². The van der Waals surface area contributed by atoms with Crippen LogP contribution >= 0.6 is 23.1 Å². The predicted molar refractivity (Wildman–Crippen MR) is 126 cm³/mol. The second-order valence-electron chi connectivity index (χ2n) is 7.70. The molecular weight excluding hydrogens is 416 g/mol. The number of aliphatic imine (C=N–C) groups is 1. The van der Waals surface area contributed by atoms with Crippen molar-refractivity contribution < 1.29 is 4.74 Å². The fraction of sp³-hybridized carbons (Fsp3) is 0.348. The molecule has 0 spiro atoms. The van der Waals surface area contributed by atoms with Gasteiger partial charge in [0.15, 0.2) is 5.82 Å². The summed E-state index contributed by atoms with van der Waals surface area (Å²) in [6, 6.07) is 12.2. The van der Waals surface area contributed by atoms with Crippen LogP contribution in [0.1, 0.15) is 49.2 Å². The molecule has 0 saturated heterocycles. The third-order valence-electron chi connectivity index (χ3n) is 5.06. The van der Waals surface area contributed by atoms with Gasteiger partial charge in [-0.25, -0.2) is 4.99 Å². The number of halogens is 1. The van der Waals surface area contributed by atoms with E-state index in [1.807, 2.05) is 63.6 Å². The molecule has 1 atom stereocenters. The van der Waals surface area contributed by atoms with Crippen LogP contribution in [0.3, 0.4) is 0 Å². The van der Waals surface area contributed by atoms with Gasteiger partial charge in [-0.2, -0.15) is 9.36 Å². The number of benzene rings is 2. The number of hydrogen-bond acceptors (Lipinski definition) is 5. The van der Waals surface area contributed by atoms with E-state index >= 15 is 0 Å². The zero-order valence-electron chi connectivity index (χ0n) is 18.2. The van der Waals surface area contributed by atoms with Crippen LogP contribution in [0.2, 0.25) is 5.02 Å². The maximum absolute atomic E-state index is 6.06. The van der Waals surface area contributed by atoms with E-state index in [0.717, 1.165) is 39.0 Å². The molecule has 3 aromatic rings. The molecule has 0 aliphatic rings. The lowest BCUT2D eigenvalue weighted by Gasteiger charge is -2.17. The molecule has 0 saturated carbocycles. The van der Waals surface area contributed by atoms with Crippen LogP contribution < -0.4 is 4.74 Å². The lowest BCUT2D eigenvalue weighted by atomic mass is 10.0. The number of nitrogens with zero attached hydrogens (tertiary/aromatic N) is 4. The fourth-order valence-electron chi connectivity index (χ4n) is 2.74. The molecule has 0 N–H and O–H groups in total. The lowest BCUT2D eigenvalue weighted by Crippen LogP contribution is -2.24. The second kappa shape index (κ2) is 9.58. The third-order valence-corrected chi connectivity index (χ3v) is 5.93. The van der Waals surface area contributed by atoms with Crippen molar-refractivity contribution in [2.45, 2.75) is 46.6 Å². The van der Waals surface area contributed by atoms with E-state index in [2.05, 4.69) is 40.0 Å². The van der Waals surface area contributed by atoms with Crippen LogP contribution in [-0.2, 0) is 0 Å². The molecule has 0 aliphatic carbocycles. The molecule has 1 unspecified atom stereocenters. The summed E-state index contributed by atoms with van der Waals surface area (Å²) >= 11 is 7.25. The van der Waals surface area contributed by atoms with E-state index < -0.39 is 0 Å². The van der Waals surface area contributed by atoms with Gasteiger partial charge in [0.2, 0.25) is 0 Å². The lowest BCUT2D eigenvalue weighted by molar-refractivity contribution is 0.429. The van der Waals surface area contributed by atoms with Gasteiger partial charge in [0, 0.05) is 35.6 Å². The van der Waals surface area contributed by atoms with Gasteiger partial charge in [-0.15, -0.1) is 0 Å². The molecule has 158 valence electrons. The van der Waals surface area contributed by atoms with Crippen molar-refractivity contribution in [3.63, 3.8) is 0 Å². The molecule has 0 amide bonds. The summed E-state index contributed by atoms with van der Waals surface area (Å²) in [5, 5.41) is 1.25. The molecule has 7 heteroatoms. The zero-order chi connectivity index (χ0) is 21.8. The standard InChI is InChI=1S/C23H27ClN4OS/c1-14(2)28(6)13-25-20-11-16(4)21(12-15(20)3)29-23-26-22(27-30-23)17(5)18-7-9-19(24)10-8-18/h7-14,17H,1-6H3/b25-13-. The molecule has 0 bridgehead atoms. The summed E-state index contributed by atoms with van der Waals surface area (Å²) in [7, 11) is 2.02. The summed E-state index contributed by atoms with van der Waals surface area (Å²) in [6.45, 7) is 10.4. The van der Waals surface area contributed by atoms with Gasteiger partial charge in [0.1, 0.15) is 5.75 Å². The molecule has 0 fully saturated rings. The maximum Gasteiger partial charge on any atom is 0.298 e. The number of ether oxygens (including phenoxy) is 1. The van der Waals surface area contributed by atoms with Crippen molar-refractivity contribution in [2.75, 3.05) is 7.05 Å². The Morgan fingerprint density at radius 3 is 2.47 bits per heavy atom.